The Morgan fingerprint density at radius 3 is 2.00 bits per heavy atom. The predicted octanol–water partition coefficient (Wildman–Crippen LogP) is 0.319. The highest BCUT2D eigenvalue weighted by molar-refractivity contribution is 6.16. The van der Waals surface area contributed by atoms with Crippen LogP contribution >= 0.6 is 0 Å². The summed E-state index contributed by atoms with van der Waals surface area (Å²) in [4.78, 5) is 59.4. The zero-order valence-electron chi connectivity index (χ0n) is 15.8. The molecule has 0 saturated heterocycles. The van der Waals surface area contributed by atoms with E-state index in [-0.39, 0.29) is 62.4 Å². The Bertz CT molecular complexity index is 631. The number of nitrogens with zero attached hydrogens (tertiary/aromatic N) is 1. The molecule has 8 nitrogen and oxygen atoms in total. The van der Waals surface area contributed by atoms with Gasteiger partial charge >= 0.3 is 0 Å². The first-order chi connectivity index (χ1) is 12.0. The lowest BCUT2D eigenvalue weighted by atomic mass is 9.89. The van der Waals surface area contributed by atoms with Gasteiger partial charge in [0.25, 0.3) is 11.8 Å². The number of rotatable bonds is 9. The fraction of sp³-hybridized carbons (Fsp3) is 0.611. The van der Waals surface area contributed by atoms with Gasteiger partial charge in [0.2, 0.25) is 11.8 Å². The Hall–Kier alpha value is -2.51. The highest BCUT2D eigenvalue weighted by atomic mass is 16.2. The Balaban J connectivity index is 2.16. The molecule has 0 fully saturated rings. The molecule has 26 heavy (non-hydrogen) atoms. The number of amides is 4. The third-order valence-corrected chi connectivity index (χ3v) is 3.94. The van der Waals surface area contributed by atoms with E-state index in [1.807, 2.05) is 20.8 Å². The van der Waals surface area contributed by atoms with Crippen LogP contribution in [0, 0.1) is 5.41 Å². The summed E-state index contributed by atoms with van der Waals surface area (Å²) >= 11 is 0. The monoisotopic (exact) mass is 365 g/mol. The molecule has 0 aliphatic carbocycles. The standard InChI is InChI=1S/C18H27N3O5/c1-12-11-16(25)21(17(12)26)10-7-15(24)20-9-6-14(23)19-8-5-13(22)18(2,3)4/h11H,5-10H2,1-4H3,(H,19,23)(H,20,24). The number of nitrogens with one attached hydrogen (secondary N) is 2. The molecule has 0 unspecified atom stereocenters. The highest BCUT2D eigenvalue weighted by Crippen LogP contribution is 2.16. The zero-order valence-corrected chi connectivity index (χ0v) is 15.8. The van der Waals surface area contributed by atoms with Crippen LogP contribution in [0.4, 0.5) is 0 Å². The van der Waals surface area contributed by atoms with Crippen LogP contribution in [0.2, 0.25) is 0 Å². The zero-order chi connectivity index (χ0) is 19.9. The van der Waals surface area contributed by atoms with E-state index in [4.69, 9.17) is 0 Å². The van der Waals surface area contributed by atoms with E-state index < -0.39 is 11.3 Å². The maximum atomic E-state index is 11.7. The summed E-state index contributed by atoms with van der Waals surface area (Å²) in [7, 11) is 0. The van der Waals surface area contributed by atoms with E-state index in [0.717, 1.165) is 4.90 Å². The van der Waals surface area contributed by atoms with Gasteiger partial charge in [0, 0.05) is 56.0 Å². The topological polar surface area (TPSA) is 113 Å². The van der Waals surface area contributed by atoms with Crippen LogP contribution in [0.1, 0.15) is 47.0 Å². The SMILES string of the molecule is CC1=CC(=O)N(CCC(=O)NCCC(=O)NCCC(=O)C(C)(C)C)C1=O. The van der Waals surface area contributed by atoms with Gasteiger partial charge in [-0.2, -0.15) is 0 Å². The van der Waals surface area contributed by atoms with Crippen LogP contribution in [0.15, 0.2) is 11.6 Å². The number of carbonyl (C=O) groups is 5. The van der Waals surface area contributed by atoms with Crippen LogP contribution < -0.4 is 10.6 Å². The summed E-state index contributed by atoms with van der Waals surface area (Å²) < 4.78 is 0. The Morgan fingerprint density at radius 1 is 0.962 bits per heavy atom. The van der Waals surface area contributed by atoms with Crippen LogP contribution in [0.3, 0.4) is 0 Å². The summed E-state index contributed by atoms with van der Waals surface area (Å²) in [5, 5.41) is 5.21. The van der Waals surface area contributed by atoms with Gasteiger partial charge in [0.1, 0.15) is 5.78 Å². The van der Waals surface area contributed by atoms with Crippen LogP contribution in [0.5, 0.6) is 0 Å². The molecule has 0 aromatic heterocycles. The molecule has 0 saturated carbocycles. The number of carbonyl (C=O) groups excluding carboxylic acids is 5. The van der Waals surface area contributed by atoms with Crippen molar-refractivity contribution in [2.75, 3.05) is 19.6 Å². The van der Waals surface area contributed by atoms with Crippen molar-refractivity contribution in [1.82, 2.24) is 15.5 Å². The van der Waals surface area contributed by atoms with E-state index in [0.29, 0.717) is 5.57 Å². The fourth-order valence-electron chi connectivity index (χ4n) is 2.25. The summed E-state index contributed by atoms with van der Waals surface area (Å²) in [6.45, 7) is 7.46. The minimum Gasteiger partial charge on any atom is -0.356 e. The third kappa shape index (κ3) is 6.78. The summed E-state index contributed by atoms with van der Waals surface area (Å²) in [5.74, 6) is -1.32. The van der Waals surface area contributed by atoms with E-state index >= 15 is 0 Å². The molecule has 2 N–H and O–H groups in total. The van der Waals surface area contributed by atoms with Crippen molar-refractivity contribution in [1.29, 1.82) is 0 Å². The van der Waals surface area contributed by atoms with Gasteiger partial charge in [-0.1, -0.05) is 20.8 Å². The van der Waals surface area contributed by atoms with Gasteiger partial charge in [-0.15, -0.1) is 0 Å². The average Bonchev–Trinajstić information content (AvgIpc) is 2.77. The predicted molar refractivity (Wildman–Crippen MR) is 94.8 cm³/mol. The van der Waals surface area contributed by atoms with Crippen LogP contribution in [0.25, 0.3) is 0 Å². The molecule has 4 amide bonds. The van der Waals surface area contributed by atoms with Gasteiger partial charge in [-0.25, -0.2) is 0 Å². The fourth-order valence-corrected chi connectivity index (χ4v) is 2.25. The van der Waals surface area contributed by atoms with E-state index in [2.05, 4.69) is 10.6 Å². The quantitative estimate of drug-likeness (QED) is 0.572. The minimum atomic E-state index is -0.426. The first kappa shape index (κ1) is 21.5. The van der Waals surface area contributed by atoms with Crippen molar-refractivity contribution in [2.24, 2.45) is 5.41 Å². The first-order valence-corrected chi connectivity index (χ1v) is 8.63. The van der Waals surface area contributed by atoms with Crippen molar-refractivity contribution in [3.63, 3.8) is 0 Å². The lowest BCUT2D eigenvalue weighted by Gasteiger charge is -2.16. The molecule has 0 aromatic carbocycles. The second-order valence-electron chi connectivity index (χ2n) is 7.25. The van der Waals surface area contributed by atoms with Crippen molar-refractivity contribution in [3.05, 3.63) is 11.6 Å². The van der Waals surface area contributed by atoms with Gasteiger partial charge < -0.3 is 10.6 Å². The molecule has 8 heteroatoms. The lowest BCUT2D eigenvalue weighted by Crippen LogP contribution is -2.36. The van der Waals surface area contributed by atoms with Crippen LogP contribution in [-0.4, -0.2) is 53.9 Å². The maximum absolute atomic E-state index is 11.7. The summed E-state index contributed by atoms with van der Waals surface area (Å²) in [5.41, 5.74) is -0.0674. The minimum absolute atomic E-state index is 0.0124. The van der Waals surface area contributed by atoms with Gasteiger partial charge in [0.05, 0.1) is 0 Å². The lowest BCUT2D eigenvalue weighted by molar-refractivity contribution is -0.137. The average molecular weight is 365 g/mol. The van der Waals surface area contributed by atoms with Crippen molar-refractivity contribution >= 4 is 29.4 Å². The molecule has 0 atom stereocenters. The Labute approximate surface area is 153 Å². The molecule has 0 radical (unpaired) electrons. The molecule has 0 bridgehead atoms. The van der Waals surface area contributed by atoms with Gasteiger partial charge in [-0.3, -0.25) is 28.9 Å². The second-order valence-corrected chi connectivity index (χ2v) is 7.25. The molecule has 0 spiro atoms. The third-order valence-electron chi connectivity index (χ3n) is 3.94. The second kappa shape index (κ2) is 9.26. The van der Waals surface area contributed by atoms with E-state index in [1.54, 1.807) is 6.92 Å². The Morgan fingerprint density at radius 2 is 1.50 bits per heavy atom. The van der Waals surface area contributed by atoms with Crippen molar-refractivity contribution in [2.45, 2.75) is 47.0 Å². The molecule has 0 aromatic rings. The van der Waals surface area contributed by atoms with E-state index in [9.17, 15) is 24.0 Å². The molecule has 1 aliphatic rings. The molecule has 1 aliphatic heterocycles. The molecular weight excluding hydrogens is 338 g/mol. The molecule has 1 heterocycles. The first-order valence-electron chi connectivity index (χ1n) is 8.63. The number of hydrogen-bond donors (Lipinski definition) is 2. The summed E-state index contributed by atoms with van der Waals surface area (Å²) in [6.07, 6.45) is 1.60. The highest BCUT2D eigenvalue weighted by Gasteiger charge is 2.28. The number of hydrogen-bond acceptors (Lipinski definition) is 5. The van der Waals surface area contributed by atoms with Crippen LogP contribution in [-0.2, 0) is 24.0 Å². The number of Topliss-reactive ketones (excluding diaryl/α,β-unsaturated/α-hetero) is 1. The number of ketones is 1. The van der Waals surface area contributed by atoms with Crippen molar-refractivity contribution in [3.8, 4) is 0 Å². The normalized spacial score (nSPS) is 14.3. The largest absolute Gasteiger partial charge is 0.356 e. The summed E-state index contributed by atoms with van der Waals surface area (Å²) in [6, 6.07) is 0. The maximum Gasteiger partial charge on any atom is 0.256 e. The molecule has 144 valence electrons. The van der Waals surface area contributed by atoms with Gasteiger partial charge in [0.15, 0.2) is 0 Å². The molecule has 1 rings (SSSR count). The van der Waals surface area contributed by atoms with Gasteiger partial charge in [-0.05, 0) is 6.92 Å². The number of imide groups is 1. The molecular formula is C18H27N3O5. The van der Waals surface area contributed by atoms with E-state index in [1.165, 1.54) is 6.08 Å². The Kier molecular flexibility index (Phi) is 7.67. The smallest absolute Gasteiger partial charge is 0.256 e. The van der Waals surface area contributed by atoms with Crippen molar-refractivity contribution < 1.29 is 24.0 Å².